The molecule has 1 aromatic rings. The molecular weight excluding hydrogens is 252 g/mol. The molecule has 3 N–H and O–H groups in total. The Hall–Kier alpha value is -1.62. The normalized spacial score (nSPS) is 10.7. The molecule has 0 aliphatic rings. The van der Waals surface area contributed by atoms with Crippen molar-refractivity contribution in [3.8, 4) is 0 Å². The van der Waals surface area contributed by atoms with Gasteiger partial charge in [0.05, 0.1) is 0 Å². The van der Waals surface area contributed by atoms with E-state index >= 15 is 0 Å². The van der Waals surface area contributed by atoms with Crippen LogP contribution < -0.4 is 11.3 Å². The van der Waals surface area contributed by atoms with Gasteiger partial charge >= 0.3 is 0 Å². The van der Waals surface area contributed by atoms with E-state index < -0.39 is 0 Å². The Bertz CT molecular complexity index is 445. The van der Waals surface area contributed by atoms with Crippen molar-refractivity contribution in [3.05, 3.63) is 23.4 Å². The molecule has 0 atom stereocenters. The third-order valence-electron chi connectivity index (χ3n) is 3.13. The Morgan fingerprint density at radius 3 is 2.55 bits per heavy atom. The fraction of sp³-hybridized carbons (Fsp3) is 0.600. The van der Waals surface area contributed by atoms with Crippen LogP contribution in [0.4, 0.5) is 5.82 Å². The van der Waals surface area contributed by atoms with Gasteiger partial charge in [-0.3, -0.25) is 4.79 Å². The lowest BCUT2D eigenvalue weighted by molar-refractivity contribution is 0.0705. The fourth-order valence-electron chi connectivity index (χ4n) is 2.17. The minimum atomic E-state index is 0.0399. The third kappa shape index (κ3) is 4.20. The van der Waals surface area contributed by atoms with E-state index in [4.69, 9.17) is 5.84 Å². The number of nitrogens with zero attached hydrogens (tertiary/aromatic N) is 2. The van der Waals surface area contributed by atoms with Gasteiger partial charge < -0.3 is 10.3 Å². The highest BCUT2D eigenvalue weighted by atomic mass is 16.2. The van der Waals surface area contributed by atoms with Crippen LogP contribution in [-0.4, -0.2) is 28.4 Å². The first kappa shape index (κ1) is 16.4. The highest BCUT2D eigenvalue weighted by Crippen LogP contribution is 2.15. The molecule has 0 aliphatic carbocycles. The summed E-state index contributed by atoms with van der Waals surface area (Å²) >= 11 is 0. The highest BCUT2D eigenvalue weighted by Gasteiger charge is 2.19. The standard InChI is InChI=1S/C15H26N4O/c1-5-7-13-9-12(10-14(17-13)18-16)15(20)19(8-6-2)11(3)4/h9-11H,5-8,16H2,1-4H3,(H,17,18). The van der Waals surface area contributed by atoms with Gasteiger partial charge in [-0.25, -0.2) is 10.8 Å². The zero-order valence-corrected chi connectivity index (χ0v) is 12.9. The van der Waals surface area contributed by atoms with Gasteiger partial charge in [-0.1, -0.05) is 20.3 Å². The van der Waals surface area contributed by atoms with Crippen LogP contribution in [0.15, 0.2) is 12.1 Å². The number of carbonyl (C=O) groups excluding carboxylic acids is 1. The largest absolute Gasteiger partial charge is 0.336 e. The van der Waals surface area contributed by atoms with Gasteiger partial charge in [0.15, 0.2) is 0 Å². The van der Waals surface area contributed by atoms with Crippen LogP contribution in [0, 0.1) is 0 Å². The molecule has 112 valence electrons. The second-order valence-corrected chi connectivity index (χ2v) is 5.22. The average Bonchev–Trinajstić information content (AvgIpc) is 2.43. The molecule has 0 spiro atoms. The summed E-state index contributed by atoms with van der Waals surface area (Å²) in [7, 11) is 0. The summed E-state index contributed by atoms with van der Waals surface area (Å²) in [6, 6.07) is 3.77. The number of nitrogens with two attached hydrogens (primary N) is 1. The Morgan fingerprint density at radius 2 is 2.05 bits per heavy atom. The van der Waals surface area contributed by atoms with Crippen molar-refractivity contribution in [2.45, 2.75) is 53.0 Å². The van der Waals surface area contributed by atoms with Gasteiger partial charge in [-0.05, 0) is 38.8 Å². The molecule has 1 heterocycles. The zero-order chi connectivity index (χ0) is 15.1. The van der Waals surface area contributed by atoms with E-state index in [2.05, 4.69) is 24.3 Å². The molecule has 0 saturated heterocycles. The average molecular weight is 278 g/mol. The summed E-state index contributed by atoms with van der Waals surface area (Å²) in [5.74, 6) is 6.02. The minimum Gasteiger partial charge on any atom is -0.336 e. The van der Waals surface area contributed by atoms with Gasteiger partial charge in [0, 0.05) is 23.8 Å². The molecule has 1 amide bonds. The van der Waals surface area contributed by atoms with Crippen molar-refractivity contribution in [1.29, 1.82) is 0 Å². The molecule has 0 radical (unpaired) electrons. The number of aryl methyl sites for hydroxylation is 1. The Kier molecular flexibility index (Phi) is 6.45. The molecule has 5 nitrogen and oxygen atoms in total. The van der Waals surface area contributed by atoms with Crippen molar-refractivity contribution < 1.29 is 4.79 Å². The van der Waals surface area contributed by atoms with Crippen LogP contribution in [0.5, 0.6) is 0 Å². The monoisotopic (exact) mass is 278 g/mol. The summed E-state index contributed by atoms with van der Waals surface area (Å²) in [6.45, 7) is 8.98. The predicted molar refractivity (Wildman–Crippen MR) is 82.5 cm³/mol. The van der Waals surface area contributed by atoms with Gasteiger partial charge in [0.1, 0.15) is 5.82 Å². The lowest BCUT2D eigenvalue weighted by atomic mass is 10.1. The number of carbonyl (C=O) groups is 1. The van der Waals surface area contributed by atoms with E-state index in [0.29, 0.717) is 11.4 Å². The Balaban J connectivity index is 3.09. The lowest BCUT2D eigenvalue weighted by Gasteiger charge is -2.26. The molecule has 0 saturated carbocycles. The molecule has 20 heavy (non-hydrogen) atoms. The molecule has 0 aliphatic heterocycles. The van der Waals surface area contributed by atoms with Crippen LogP contribution >= 0.6 is 0 Å². The molecule has 0 aromatic carbocycles. The molecule has 0 fully saturated rings. The number of nitrogens with one attached hydrogen (secondary N) is 1. The van der Waals surface area contributed by atoms with Crippen molar-refractivity contribution in [2.75, 3.05) is 12.0 Å². The maximum absolute atomic E-state index is 12.6. The molecular formula is C15H26N4O. The van der Waals surface area contributed by atoms with Gasteiger partial charge in [-0.15, -0.1) is 0 Å². The summed E-state index contributed by atoms with van der Waals surface area (Å²) in [6.07, 6.45) is 2.77. The number of pyridine rings is 1. The summed E-state index contributed by atoms with van der Waals surface area (Å²) in [4.78, 5) is 18.9. The van der Waals surface area contributed by atoms with E-state index in [9.17, 15) is 4.79 Å². The van der Waals surface area contributed by atoms with Crippen molar-refractivity contribution >= 4 is 11.7 Å². The summed E-state index contributed by atoms with van der Waals surface area (Å²) < 4.78 is 0. The first-order valence-electron chi connectivity index (χ1n) is 7.32. The van der Waals surface area contributed by atoms with Gasteiger partial charge in [0.2, 0.25) is 0 Å². The number of amides is 1. The number of anilines is 1. The van der Waals surface area contributed by atoms with Crippen LogP contribution in [-0.2, 0) is 6.42 Å². The van der Waals surface area contributed by atoms with E-state index in [1.54, 1.807) is 6.07 Å². The van der Waals surface area contributed by atoms with E-state index in [1.165, 1.54) is 0 Å². The molecule has 5 heteroatoms. The van der Waals surface area contributed by atoms with Crippen molar-refractivity contribution in [1.82, 2.24) is 9.88 Å². The second kappa shape index (κ2) is 7.85. The maximum Gasteiger partial charge on any atom is 0.254 e. The lowest BCUT2D eigenvalue weighted by Crippen LogP contribution is -2.37. The van der Waals surface area contributed by atoms with E-state index in [0.717, 1.165) is 31.5 Å². The third-order valence-corrected chi connectivity index (χ3v) is 3.13. The Morgan fingerprint density at radius 1 is 1.35 bits per heavy atom. The number of aromatic nitrogens is 1. The number of rotatable bonds is 7. The number of nitrogen functional groups attached to an aromatic ring is 1. The molecule has 0 unspecified atom stereocenters. The van der Waals surface area contributed by atoms with Crippen molar-refractivity contribution in [3.63, 3.8) is 0 Å². The molecule has 1 aromatic heterocycles. The number of hydrogen-bond acceptors (Lipinski definition) is 4. The van der Waals surface area contributed by atoms with E-state index in [1.807, 2.05) is 24.8 Å². The number of hydrazine groups is 1. The quantitative estimate of drug-likeness (QED) is 0.594. The first-order chi connectivity index (χ1) is 9.53. The Labute approximate surface area is 121 Å². The van der Waals surface area contributed by atoms with Crippen LogP contribution in [0.3, 0.4) is 0 Å². The van der Waals surface area contributed by atoms with Crippen molar-refractivity contribution in [2.24, 2.45) is 5.84 Å². The highest BCUT2D eigenvalue weighted by molar-refractivity contribution is 5.95. The zero-order valence-electron chi connectivity index (χ0n) is 12.9. The number of hydrogen-bond donors (Lipinski definition) is 2. The van der Waals surface area contributed by atoms with Crippen LogP contribution in [0.1, 0.15) is 56.6 Å². The topological polar surface area (TPSA) is 71.2 Å². The van der Waals surface area contributed by atoms with Gasteiger partial charge in [0.25, 0.3) is 5.91 Å². The maximum atomic E-state index is 12.6. The fourth-order valence-corrected chi connectivity index (χ4v) is 2.17. The second-order valence-electron chi connectivity index (χ2n) is 5.22. The summed E-state index contributed by atoms with van der Waals surface area (Å²) in [5, 5.41) is 0. The SMILES string of the molecule is CCCc1cc(C(=O)N(CCC)C(C)C)cc(NN)n1. The van der Waals surface area contributed by atoms with Gasteiger partial charge in [-0.2, -0.15) is 0 Å². The smallest absolute Gasteiger partial charge is 0.254 e. The first-order valence-corrected chi connectivity index (χ1v) is 7.32. The summed E-state index contributed by atoms with van der Waals surface area (Å²) in [5.41, 5.74) is 4.09. The predicted octanol–water partition coefficient (Wildman–Crippen LogP) is 2.58. The van der Waals surface area contributed by atoms with E-state index in [-0.39, 0.29) is 11.9 Å². The molecule has 1 rings (SSSR count). The van der Waals surface area contributed by atoms with Crippen LogP contribution in [0.2, 0.25) is 0 Å². The molecule has 0 bridgehead atoms. The van der Waals surface area contributed by atoms with Crippen LogP contribution in [0.25, 0.3) is 0 Å². The minimum absolute atomic E-state index is 0.0399.